The zero-order chi connectivity index (χ0) is 13.6. The minimum absolute atomic E-state index is 0. The van der Waals surface area contributed by atoms with Crippen LogP contribution in [0, 0.1) is 0 Å². The van der Waals surface area contributed by atoms with Gasteiger partial charge < -0.3 is 9.88 Å². The van der Waals surface area contributed by atoms with Gasteiger partial charge in [-0.05, 0) is 11.4 Å². The lowest BCUT2D eigenvalue weighted by Crippen LogP contribution is -2.30. The van der Waals surface area contributed by atoms with E-state index in [1.54, 1.807) is 11.4 Å². The molecule has 1 aliphatic heterocycles. The van der Waals surface area contributed by atoms with E-state index >= 15 is 0 Å². The van der Waals surface area contributed by atoms with Crippen LogP contribution in [0.25, 0.3) is 11.3 Å². The zero-order valence-corrected chi connectivity index (χ0v) is 12.4. The Kier molecular flexibility index (Phi) is 4.34. The molecule has 0 radical (unpaired) electrons. The number of halogens is 5. The van der Waals surface area contributed by atoms with Crippen molar-refractivity contribution in [1.82, 2.24) is 14.9 Å². The second-order valence-corrected chi connectivity index (χ2v) is 5.68. The summed E-state index contributed by atoms with van der Waals surface area (Å²) in [6, 6.07) is 1.70. The van der Waals surface area contributed by atoms with Crippen LogP contribution in [0.4, 0.5) is 13.2 Å². The molecule has 0 amide bonds. The van der Waals surface area contributed by atoms with Gasteiger partial charge in [-0.2, -0.15) is 13.2 Å². The number of imidazole rings is 1. The van der Waals surface area contributed by atoms with Crippen LogP contribution in [-0.2, 0) is 19.3 Å². The molecule has 1 N–H and O–H groups in total. The topological polar surface area (TPSA) is 29.9 Å². The SMILES string of the molecule is Cl.FC(F)(F)c1nc(-c2ccsc2Cl)c2n1CCNC2. The number of hydrogen-bond donors (Lipinski definition) is 1. The van der Waals surface area contributed by atoms with Crippen LogP contribution in [0.3, 0.4) is 0 Å². The van der Waals surface area contributed by atoms with E-state index in [4.69, 9.17) is 11.6 Å². The molecule has 1 aliphatic rings. The van der Waals surface area contributed by atoms with Crippen molar-refractivity contribution in [2.45, 2.75) is 19.3 Å². The maximum atomic E-state index is 13.0. The fraction of sp³-hybridized carbons (Fsp3) is 0.364. The molecule has 9 heteroatoms. The lowest BCUT2D eigenvalue weighted by molar-refractivity contribution is -0.147. The molecule has 3 rings (SSSR count). The fourth-order valence-electron chi connectivity index (χ4n) is 2.20. The number of aromatic nitrogens is 2. The predicted octanol–water partition coefficient (Wildman–Crippen LogP) is 3.81. The third-order valence-corrected chi connectivity index (χ3v) is 4.17. The summed E-state index contributed by atoms with van der Waals surface area (Å²) in [6.45, 7) is 1.13. The monoisotopic (exact) mass is 343 g/mol. The second kappa shape index (κ2) is 5.55. The fourth-order valence-corrected chi connectivity index (χ4v) is 3.12. The van der Waals surface area contributed by atoms with Crippen LogP contribution in [-0.4, -0.2) is 16.1 Å². The maximum Gasteiger partial charge on any atom is 0.449 e. The van der Waals surface area contributed by atoms with Crippen LogP contribution >= 0.6 is 35.3 Å². The lowest BCUT2D eigenvalue weighted by atomic mass is 10.2. The lowest BCUT2D eigenvalue weighted by Gasteiger charge is -2.19. The number of hydrogen-bond acceptors (Lipinski definition) is 3. The van der Waals surface area contributed by atoms with Crippen molar-refractivity contribution in [2.24, 2.45) is 0 Å². The van der Waals surface area contributed by atoms with Gasteiger partial charge in [0, 0.05) is 25.2 Å². The molecule has 0 saturated heterocycles. The smallest absolute Gasteiger partial charge is 0.321 e. The van der Waals surface area contributed by atoms with E-state index in [0.29, 0.717) is 34.4 Å². The highest BCUT2D eigenvalue weighted by molar-refractivity contribution is 7.15. The Bertz CT molecular complexity index is 621. The predicted molar refractivity (Wildman–Crippen MR) is 74.5 cm³/mol. The molecule has 3 heterocycles. The van der Waals surface area contributed by atoms with E-state index in [1.165, 1.54) is 15.9 Å². The molecule has 2 aromatic heterocycles. The Balaban J connectivity index is 0.00000147. The highest BCUT2D eigenvalue weighted by Gasteiger charge is 2.39. The van der Waals surface area contributed by atoms with Crippen LogP contribution in [0.5, 0.6) is 0 Å². The van der Waals surface area contributed by atoms with Gasteiger partial charge in [0.05, 0.1) is 11.4 Å². The van der Waals surface area contributed by atoms with Gasteiger partial charge in [0.15, 0.2) is 0 Å². The van der Waals surface area contributed by atoms with Gasteiger partial charge in [0.1, 0.15) is 4.34 Å². The third-order valence-electron chi connectivity index (χ3n) is 3.00. The zero-order valence-electron chi connectivity index (χ0n) is 10.00. The highest BCUT2D eigenvalue weighted by Crippen LogP contribution is 2.38. The largest absolute Gasteiger partial charge is 0.449 e. The van der Waals surface area contributed by atoms with Crippen molar-refractivity contribution in [3.63, 3.8) is 0 Å². The molecule has 0 atom stereocenters. The van der Waals surface area contributed by atoms with Crippen molar-refractivity contribution >= 4 is 35.3 Å². The van der Waals surface area contributed by atoms with E-state index in [1.807, 2.05) is 0 Å². The molecule has 20 heavy (non-hydrogen) atoms. The summed E-state index contributed by atoms with van der Waals surface area (Å²) >= 11 is 7.29. The average Bonchev–Trinajstić information content (AvgIpc) is 2.91. The Morgan fingerprint density at radius 2 is 2.15 bits per heavy atom. The molecule has 3 nitrogen and oxygen atoms in total. The first-order valence-electron chi connectivity index (χ1n) is 5.59. The van der Waals surface area contributed by atoms with Gasteiger partial charge in [-0.1, -0.05) is 11.6 Å². The van der Waals surface area contributed by atoms with Crippen molar-refractivity contribution in [3.05, 3.63) is 27.3 Å². The molecule has 0 aliphatic carbocycles. The maximum absolute atomic E-state index is 13.0. The number of nitrogens with zero attached hydrogens (tertiary/aromatic N) is 2. The summed E-state index contributed by atoms with van der Waals surface area (Å²) in [6.07, 6.45) is -4.45. The second-order valence-electron chi connectivity index (χ2n) is 4.16. The Hall–Kier alpha value is -0.760. The van der Waals surface area contributed by atoms with Crippen LogP contribution in [0.1, 0.15) is 11.5 Å². The molecule has 0 aromatic carbocycles. The molecule has 0 spiro atoms. The minimum Gasteiger partial charge on any atom is -0.321 e. The van der Waals surface area contributed by atoms with E-state index in [9.17, 15) is 13.2 Å². The Morgan fingerprint density at radius 1 is 1.40 bits per heavy atom. The normalized spacial score (nSPS) is 14.8. The van der Waals surface area contributed by atoms with E-state index < -0.39 is 12.0 Å². The molecule has 0 unspecified atom stereocenters. The van der Waals surface area contributed by atoms with Crippen molar-refractivity contribution in [2.75, 3.05) is 6.54 Å². The van der Waals surface area contributed by atoms with E-state index in [2.05, 4.69) is 10.3 Å². The Labute approximate surface area is 128 Å². The quantitative estimate of drug-likeness (QED) is 0.853. The van der Waals surface area contributed by atoms with Gasteiger partial charge in [0.25, 0.3) is 0 Å². The van der Waals surface area contributed by atoms with E-state index in [0.717, 1.165) is 0 Å². The van der Waals surface area contributed by atoms with Gasteiger partial charge in [-0.25, -0.2) is 4.98 Å². The molecule has 0 bridgehead atoms. The molecule has 110 valence electrons. The first-order valence-corrected chi connectivity index (χ1v) is 6.85. The Morgan fingerprint density at radius 3 is 2.75 bits per heavy atom. The third kappa shape index (κ3) is 2.55. The minimum atomic E-state index is -4.45. The molecular formula is C11H10Cl2F3N3S. The van der Waals surface area contributed by atoms with Crippen LogP contribution < -0.4 is 5.32 Å². The number of nitrogens with one attached hydrogen (secondary N) is 1. The average molecular weight is 344 g/mol. The summed E-state index contributed by atoms with van der Waals surface area (Å²) in [4.78, 5) is 3.79. The van der Waals surface area contributed by atoms with Crippen LogP contribution in [0.2, 0.25) is 4.34 Å². The summed E-state index contributed by atoms with van der Waals surface area (Å²) in [5.41, 5.74) is 1.43. The first kappa shape index (κ1) is 15.6. The summed E-state index contributed by atoms with van der Waals surface area (Å²) in [7, 11) is 0. The molecule has 0 saturated carbocycles. The standard InChI is InChI=1S/C11H9ClF3N3S.ClH/c12-9-6(1-4-19-9)8-7-5-16-2-3-18(7)10(17-8)11(13,14)15;/h1,4,16H,2-3,5H2;1H. The van der Waals surface area contributed by atoms with Crippen molar-refractivity contribution < 1.29 is 13.2 Å². The van der Waals surface area contributed by atoms with Crippen molar-refractivity contribution in [1.29, 1.82) is 0 Å². The van der Waals surface area contributed by atoms with Crippen LogP contribution in [0.15, 0.2) is 11.4 Å². The number of alkyl halides is 3. The molecule has 2 aromatic rings. The van der Waals surface area contributed by atoms with Gasteiger partial charge in [0.2, 0.25) is 5.82 Å². The van der Waals surface area contributed by atoms with Crippen molar-refractivity contribution in [3.8, 4) is 11.3 Å². The van der Waals surface area contributed by atoms with Gasteiger partial charge in [-0.3, -0.25) is 0 Å². The highest BCUT2D eigenvalue weighted by atomic mass is 35.5. The van der Waals surface area contributed by atoms with Gasteiger partial charge >= 0.3 is 6.18 Å². The van der Waals surface area contributed by atoms with Gasteiger partial charge in [-0.15, -0.1) is 23.7 Å². The number of fused-ring (bicyclic) bond motifs is 1. The number of thiophene rings is 1. The first-order chi connectivity index (χ1) is 8.98. The molecule has 0 fully saturated rings. The summed E-state index contributed by atoms with van der Waals surface area (Å²) in [5, 5.41) is 4.80. The summed E-state index contributed by atoms with van der Waals surface area (Å²) in [5.74, 6) is -0.846. The summed E-state index contributed by atoms with van der Waals surface area (Å²) < 4.78 is 40.7. The van der Waals surface area contributed by atoms with E-state index in [-0.39, 0.29) is 19.0 Å². The molecular weight excluding hydrogens is 334 g/mol. The number of rotatable bonds is 1.